The van der Waals surface area contributed by atoms with E-state index in [0.717, 1.165) is 16.8 Å². The standard InChI is InChI=1S/C14H13FN2S/c1-9-8-10(14(16)18)6-7-12(9)17-13-5-3-2-4-11(13)15/h2-8,17H,1H3,(H2,16,18). The number of aryl methyl sites for hydroxylation is 1. The maximum absolute atomic E-state index is 13.5. The summed E-state index contributed by atoms with van der Waals surface area (Å²) in [5.74, 6) is -0.282. The Morgan fingerprint density at radius 2 is 1.89 bits per heavy atom. The number of halogens is 1. The molecule has 92 valence electrons. The summed E-state index contributed by atoms with van der Waals surface area (Å²) in [5, 5.41) is 3.05. The van der Waals surface area contributed by atoms with Gasteiger partial charge in [0.1, 0.15) is 10.8 Å². The molecule has 0 aromatic heterocycles. The minimum atomic E-state index is -0.282. The number of nitrogens with one attached hydrogen (secondary N) is 1. The van der Waals surface area contributed by atoms with E-state index in [2.05, 4.69) is 5.32 Å². The van der Waals surface area contributed by atoms with Gasteiger partial charge in [-0.25, -0.2) is 4.39 Å². The molecule has 3 N–H and O–H groups in total. The minimum Gasteiger partial charge on any atom is -0.389 e. The molecule has 2 nitrogen and oxygen atoms in total. The second-order valence-electron chi connectivity index (χ2n) is 4.00. The molecule has 0 saturated carbocycles. The second kappa shape index (κ2) is 5.14. The summed E-state index contributed by atoms with van der Waals surface area (Å²) >= 11 is 4.91. The molecule has 0 aliphatic heterocycles. The van der Waals surface area contributed by atoms with Crippen molar-refractivity contribution in [1.29, 1.82) is 0 Å². The third-order valence-corrected chi connectivity index (χ3v) is 2.89. The first-order valence-electron chi connectivity index (χ1n) is 5.50. The van der Waals surface area contributed by atoms with Crippen LogP contribution >= 0.6 is 12.2 Å². The number of rotatable bonds is 3. The van der Waals surface area contributed by atoms with Crippen LogP contribution in [-0.2, 0) is 0 Å². The monoisotopic (exact) mass is 260 g/mol. The van der Waals surface area contributed by atoms with Crippen LogP contribution in [0.1, 0.15) is 11.1 Å². The van der Waals surface area contributed by atoms with Crippen LogP contribution in [0.3, 0.4) is 0 Å². The Balaban J connectivity index is 2.30. The van der Waals surface area contributed by atoms with Crippen molar-refractivity contribution in [2.45, 2.75) is 6.92 Å². The Labute approximate surface area is 111 Å². The summed E-state index contributed by atoms with van der Waals surface area (Å²) in [5.41, 5.74) is 8.61. The molecule has 0 radical (unpaired) electrons. The normalized spacial score (nSPS) is 10.1. The van der Waals surface area contributed by atoms with Crippen molar-refractivity contribution in [3.63, 3.8) is 0 Å². The fourth-order valence-electron chi connectivity index (χ4n) is 1.66. The van der Waals surface area contributed by atoms with Crippen molar-refractivity contribution in [2.24, 2.45) is 5.73 Å². The van der Waals surface area contributed by atoms with Crippen LogP contribution < -0.4 is 11.1 Å². The van der Waals surface area contributed by atoms with Gasteiger partial charge in [-0.3, -0.25) is 0 Å². The molecule has 0 spiro atoms. The summed E-state index contributed by atoms with van der Waals surface area (Å²) in [7, 11) is 0. The maximum Gasteiger partial charge on any atom is 0.146 e. The van der Waals surface area contributed by atoms with E-state index in [-0.39, 0.29) is 5.82 Å². The average Bonchev–Trinajstić information content (AvgIpc) is 2.34. The van der Waals surface area contributed by atoms with Crippen molar-refractivity contribution in [3.8, 4) is 0 Å². The number of benzene rings is 2. The summed E-state index contributed by atoms with van der Waals surface area (Å²) < 4.78 is 13.5. The number of nitrogens with two attached hydrogens (primary N) is 1. The van der Waals surface area contributed by atoms with E-state index in [0.29, 0.717) is 10.7 Å². The van der Waals surface area contributed by atoms with E-state index in [1.54, 1.807) is 18.2 Å². The zero-order chi connectivity index (χ0) is 13.1. The van der Waals surface area contributed by atoms with Crippen LogP contribution in [0.15, 0.2) is 42.5 Å². The molecule has 0 aliphatic rings. The average molecular weight is 260 g/mol. The Morgan fingerprint density at radius 3 is 2.50 bits per heavy atom. The molecule has 0 unspecified atom stereocenters. The van der Waals surface area contributed by atoms with Crippen LogP contribution in [-0.4, -0.2) is 4.99 Å². The Morgan fingerprint density at radius 1 is 1.17 bits per heavy atom. The van der Waals surface area contributed by atoms with Gasteiger partial charge in [-0.2, -0.15) is 0 Å². The predicted molar refractivity (Wildman–Crippen MR) is 76.7 cm³/mol. The highest BCUT2D eigenvalue weighted by molar-refractivity contribution is 7.80. The molecular weight excluding hydrogens is 247 g/mol. The first-order valence-corrected chi connectivity index (χ1v) is 5.91. The van der Waals surface area contributed by atoms with Gasteiger partial charge in [0.15, 0.2) is 0 Å². The summed E-state index contributed by atoms with van der Waals surface area (Å²) in [6.07, 6.45) is 0. The third-order valence-electron chi connectivity index (χ3n) is 2.65. The summed E-state index contributed by atoms with van der Waals surface area (Å²) in [4.78, 5) is 0.357. The molecule has 2 aromatic carbocycles. The third kappa shape index (κ3) is 2.65. The molecular formula is C14H13FN2S. The van der Waals surface area contributed by atoms with E-state index >= 15 is 0 Å². The Kier molecular flexibility index (Phi) is 3.58. The smallest absolute Gasteiger partial charge is 0.146 e. The highest BCUT2D eigenvalue weighted by Gasteiger charge is 2.05. The molecule has 4 heteroatoms. The van der Waals surface area contributed by atoms with E-state index in [1.807, 2.05) is 25.1 Å². The molecule has 0 heterocycles. The molecule has 0 bridgehead atoms. The quantitative estimate of drug-likeness (QED) is 0.829. The summed E-state index contributed by atoms with van der Waals surface area (Å²) in [6.45, 7) is 1.92. The van der Waals surface area contributed by atoms with Crippen molar-refractivity contribution in [2.75, 3.05) is 5.32 Å². The molecule has 0 amide bonds. The van der Waals surface area contributed by atoms with E-state index in [1.165, 1.54) is 6.07 Å². The lowest BCUT2D eigenvalue weighted by Crippen LogP contribution is -2.09. The number of hydrogen-bond donors (Lipinski definition) is 2. The highest BCUT2D eigenvalue weighted by atomic mass is 32.1. The van der Waals surface area contributed by atoms with Crippen molar-refractivity contribution in [3.05, 3.63) is 59.4 Å². The summed E-state index contributed by atoms with van der Waals surface area (Å²) in [6, 6.07) is 12.1. The predicted octanol–water partition coefficient (Wildman–Crippen LogP) is 3.51. The molecule has 2 aromatic rings. The van der Waals surface area contributed by atoms with Gasteiger partial charge in [-0.05, 0) is 42.8 Å². The fraction of sp³-hybridized carbons (Fsp3) is 0.0714. The number of anilines is 2. The first kappa shape index (κ1) is 12.5. The first-order chi connectivity index (χ1) is 8.58. The number of hydrogen-bond acceptors (Lipinski definition) is 2. The largest absolute Gasteiger partial charge is 0.389 e. The van der Waals surface area contributed by atoms with Gasteiger partial charge in [0.25, 0.3) is 0 Å². The minimum absolute atomic E-state index is 0.282. The molecule has 0 saturated heterocycles. The maximum atomic E-state index is 13.5. The second-order valence-corrected chi connectivity index (χ2v) is 4.44. The Hall–Kier alpha value is -1.94. The number of thiocarbonyl (C=S) groups is 1. The topological polar surface area (TPSA) is 38.0 Å². The van der Waals surface area contributed by atoms with Crippen LogP contribution in [0.5, 0.6) is 0 Å². The van der Waals surface area contributed by atoms with E-state index in [9.17, 15) is 4.39 Å². The van der Waals surface area contributed by atoms with Crippen molar-refractivity contribution < 1.29 is 4.39 Å². The van der Waals surface area contributed by atoms with Gasteiger partial charge in [0.2, 0.25) is 0 Å². The lowest BCUT2D eigenvalue weighted by molar-refractivity contribution is 0.632. The SMILES string of the molecule is Cc1cc(C(N)=S)ccc1Nc1ccccc1F. The van der Waals surface area contributed by atoms with Gasteiger partial charge < -0.3 is 11.1 Å². The molecule has 0 aliphatic carbocycles. The van der Waals surface area contributed by atoms with Gasteiger partial charge in [-0.1, -0.05) is 24.4 Å². The molecule has 2 rings (SSSR count). The lowest BCUT2D eigenvalue weighted by Gasteiger charge is -2.11. The Bertz CT molecular complexity index is 596. The number of para-hydroxylation sites is 1. The van der Waals surface area contributed by atoms with Gasteiger partial charge in [0, 0.05) is 11.3 Å². The molecule has 18 heavy (non-hydrogen) atoms. The zero-order valence-electron chi connectivity index (χ0n) is 9.91. The van der Waals surface area contributed by atoms with Crippen LogP contribution in [0.4, 0.5) is 15.8 Å². The highest BCUT2D eigenvalue weighted by Crippen LogP contribution is 2.23. The molecule has 0 atom stereocenters. The van der Waals surface area contributed by atoms with Gasteiger partial charge in [0.05, 0.1) is 5.69 Å². The van der Waals surface area contributed by atoms with Crippen molar-refractivity contribution in [1.82, 2.24) is 0 Å². The lowest BCUT2D eigenvalue weighted by atomic mass is 10.1. The van der Waals surface area contributed by atoms with Gasteiger partial charge >= 0.3 is 0 Å². The van der Waals surface area contributed by atoms with Crippen LogP contribution in [0.2, 0.25) is 0 Å². The molecule has 0 fully saturated rings. The van der Waals surface area contributed by atoms with Crippen molar-refractivity contribution >= 4 is 28.6 Å². The van der Waals surface area contributed by atoms with E-state index in [4.69, 9.17) is 18.0 Å². The fourth-order valence-corrected chi connectivity index (χ4v) is 1.79. The zero-order valence-corrected chi connectivity index (χ0v) is 10.7. The van der Waals surface area contributed by atoms with Crippen LogP contribution in [0, 0.1) is 12.7 Å². The van der Waals surface area contributed by atoms with Gasteiger partial charge in [-0.15, -0.1) is 0 Å². The van der Waals surface area contributed by atoms with Crippen LogP contribution in [0.25, 0.3) is 0 Å². The van der Waals surface area contributed by atoms with E-state index < -0.39 is 0 Å².